The SMILES string of the molecule is COC1CCC(=CC(=O)O)CC1. The third-order valence-corrected chi connectivity index (χ3v) is 2.24. The molecule has 1 fully saturated rings. The Morgan fingerprint density at radius 2 is 2.17 bits per heavy atom. The second-order valence-electron chi connectivity index (χ2n) is 3.08. The first-order valence-electron chi connectivity index (χ1n) is 4.17. The molecule has 0 aromatic heterocycles. The van der Waals surface area contributed by atoms with Crippen molar-refractivity contribution in [2.75, 3.05) is 7.11 Å². The average molecular weight is 170 g/mol. The van der Waals surface area contributed by atoms with Gasteiger partial charge in [-0.05, 0) is 25.7 Å². The predicted molar refractivity (Wildman–Crippen MR) is 45.0 cm³/mol. The number of allylic oxidation sites excluding steroid dienone is 1. The van der Waals surface area contributed by atoms with Gasteiger partial charge >= 0.3 is 5.97 Å². The largest absolute Gasteiger partial charge is 0.478 e. The van der Waals surface area contributed by atoms with Crippen LogP contribution in [0, 0.1) is 0 Å². The van der Waals surface area contributed by atoms with Crippen molar-refractivity contribution in [2.45, 2.75) is 31.8 Å². The minimum atomic E-state index is -0.833. The first-order valence-corrected chi connectivity index (χ1v) is 4.17. The molecule has 0 heterocycles. The van der Waals surface area contributed by atoms with E-state index in [1.165, 1.54) is 6.08 Å². The Morgan fingerprint density at radius 1 is 1.58 bits per heavy atom. The summed E-state index contributed by atoms with van der Waals surface area (Å²) in [5, 5.41) is 8.48. The zero-order valence-electron chi connectivity index (χ0n) is 7.25. The number of carbonyl (C=O) groups is 1. The minimum Gasteiger partial charge on any atom is -0.478 e. The Morgan fingerprint density at radius 3 is 2.58 bits per heavy atom. The van der Waals surface area contributed by atoms with Crippen molar-refractivity contribution in [3.05, 3.63) is 11.6 Å². The van der Waals surface area contributed by atoms with E-state index in [0.29, 0.717) is 6.10 Å². The Labute approximate surface area is 72.0 Å². The number of rotatable bonds is 2. The van der Waals surface area contributed by atoms with Crippen LogP contribution in [0.1, 0.15) is 25.7 Å². The lowest BCUT2D eigenvalue weighted by atomic mass is 9.92. The Hall–Kier alpha value is -0.830. The van der Waals surface area contributed by atoms with Gasteiger partial charge in [-0.15, -0.1) is 0 Å². The van der Waals surface area contributed by atoms with Gasteiger partial charge in [0, 0.05) is 13.2 Å². The van der Waals surface area contributed by atoms with Crippen molar-refractivity contribution in [2.24, 2.45) is 0 Å². The lowest BCUT2D eigenvalue weighted by molar-refractivity contribution is -0.131. The molecule has 1 rings (SSSR count). The van der Waals surface area contributed by atoms with Crippen molar-refractivity contribution in [1.29, 1.82) is 0 Å². The maximum absolute atomic E-state index is 10.3. The second kappa shape index (κ2) is 4.26. The van der Waals surface area contributed by atoms with Gasteiger partial charge in [0.1, 0.15) is 0 Å². The van der Waals surface area contributed by atoms with Gasteiger partial charge in [-0.25, -0.2) is 4.79 Å². The number of hydrogen-bond acceptors (Lipinski definition) is 2. The van der Waals surface area contributed by atoms with Gasteiger partial charge in [0.15, 0.2) is 0 Å². The third kappa shape index (κ3) is 2.66. The van der Waals surface area contributed by atoms with Crippen molar-refractivity contribution in [1.82, 2.24) is 0 Å². The molecule has 0 aromatic rings. The van der Waals surface area contributed by atoms with E-state index in [4.69, 9.17) is 9.84 Å². The van der Waals surface area contributed by atoms with Crippen LogP contribution < -0.4 is 0 Å². The van der Waals surface area contributed by atoms with E-state index in [1.807, 2.05) is 0 Å². The van der Waals surface area contributed by atoms with E-state index in [1.54, 1.807) is 7.11 Å². The van der Waals surface area contributed by atoms with Crippen LogP contribution in [0.3, 0.4) is 0 Å². The molecule has 0 atom stereocenters. The summed E-state index contributed by atoms with van der Waals surface area (Å²) in [6.07, 6.45) is 5.29. The third-order valence-electron chi connectivity index (χ3n) is 2.24. The van der Waals surface area contributed by atoms with Gasteiger partial charge in [-0.3, -0.25) is 0 Å². The molecule has 0 saturated heterocycles. The summed E-state index contributed by atoms with van der Waals surface area (Å²) in [6.45, 7) is 0. The maximum Gasteiger partial charge on any atom is 0.328 e. The number of hydrogen-bond donors (Lipinski definition) is 1. The van der Waals surface area contributed by atoms with Crippen LogP contribution in [-0.2, 0) is 9.53 Å². The summed E-state index contributed by atoms with van der Waals surface area (Å²) < 4.78 is 5.17. The highest BCUT2D eigenvalue weighted by molar-refractivity contribution is 5.80. The average Bonchev–Trinajstić information content (AvgIpc) is 2.05. The molecular formula is C9H14O3. The zero-order chi connectivity index (χ0) is 8.97. The van der Waals surface area contributed by atoms with Gasteiger partial charge in [0.2, 0.25) is 0 Å². The Bertz CT molecular complexity index is 186. The molecule has 3 nitrogen and oxygen atoms in total. The molecule has 0 aromatic carbocycles. The zero-order valence-corrected chi connectivity index (χ0v) is 7.25. The highest BCUT2D eigenvalue weighted by atomic mass is 16.5. The molecular weight excluding hydrogens is 156 g/mol. The highest BCUT2D eigenvalue weighted by Gasteiger charge is 2.15. The monoisotopic (exact) mass is 170 g/mol. The predicted octanol–water partition coefficient (Wildman–Crippen LogP) is 1.59. The van der Waals surface area contributed by atoms with Crippen LogP contribution in [0.2, 0.25) is 0 Å². The number of carboxylic acid groups (broad SMARTS) is 1. The number of carboxylic acids is 1. The molecule has 0 radical (unpaired) electrons. The van der Waals surface area contributed by atoms with E-state index in [2.05, 4.69) is 0 Å². The van der Waals surface area contributed by atoms with Crippen LogP contribution in [0.5, 0.6) is 0 Å². The Balaban J connectivity index is 2.40. The van der Waals surface area contributed by atoms with Gasteiger partial charge in [-0.1, -0.05) is 5.57 Å². The second-order valence-corrected chi connectivity index (χ2v) is 3.08. The standard InChI is InChI=1S/C9H14O3/c1-12-8-4-2-7(3-5-8)6-9(10)11/h6,8H,2-5H2,1H3,(H,10,11). The van der Waals surface area contributed by atoms with Gasteiger partial charge in [0.25, 0.3) is 0 Å². The molecule has 0 spiro atoms. The van der Waals surface area contributed by atoms with Crippen molar-refractivity contribution in [3.8, 4) is 0 Å². The van der Waals surface area contributed by atoms with Crippen molar-refractivity contribution in [3.63, 3.8) is 0 Å². The first kappa shape index (κ1) is 9.26. The molecule has 0 amide bonds. The fourth-order valence-corrected chi connectivity index (χ4v) is 1.52. The van der Waals surface area contributed by atoms with Crippen LogP contribution >= 0.6 is 0 Å². The van der Waals surface area contributed by atoms with Gasteiger partial charge < -0.3 is 9.84 Å². The van der Waals surface area contributed by atoms with Gasteiger partial charge in [-0.2, -0.15) is 0 Å². The summed E-state index contributed by atoms with van der Waals surface area (Å²) in [5.41, 5.74) is 1.04. The van der Waals surface area contributed by atoms with E-state index in [0.717, 1.165) is 31.3 Å². The lowest BCUT2D eigenvalue weighted by Crippen LogP contribution is -2.16. The summed E-state index contributed by atoms with van der Waals surface area (Å²) in [7, 11) is 1.70. The molecule has 0 aliphatic heterocycles. The molecule has 68 valence electrons. The van der Waals surface area contributed by atoms with Crippen molar-refractivity contribution >= 4 is 5.97 Å². The van der Waals surface area contributed by atoms with E-state index in [9.17, 15) is 4.79 Å². The number of methoxy groups -OCH3 is 1. The van der Waals surface area contributed by atoms with Gasteiger partial charge in [0.05, 0.1) is 6.10 Å². The van der Waals surface area contributed by atoms with Crippen molar-refractivity contribution < 1.29 is 14.6 Å². The highest BCUT2D eigenvalue weighted by Crippen LogP contribution is 2.24. The fourth-order valence-electron chi connectivity index (χ4n) is 1.52. The quantitative estimate of drug-likeness (QED) is 0.640. The van der Waals surface area contributed by atoms with Crippen LogP contribution in [0.4, 0.5) is 0 Å². The molecule has 1 aliphatic rings. The maximum atomic E-state index is 10.3. The van der Waals surface area contributed by atoms with Crippen LogP contribution in [0.15, 0.2) is 11.6 Å². The summed E-state index contributed by atoms with van der Waals surface area (Å²) in [6, 6.07) is 0. The van der Waals surface area contributed by atoms with E-state index < -0.39 is 5.97 Å². The number of ether oxygens (including phenoxy) is 1. The minimum absolute atomic E-state index is 0.330. The van der Waals surface area contributed by atoms with Crippen LogP contribution in [-0.4, -0.2) is 24.3 Å². The molecule has 1 N–H and O–H groups in total. The van der Waals surface area contributed by atoms with Crippen LogP contribution in [0.25, 0.3) is 0 Å². The van der Waals surface area contributed by atoms with E-state index >= 15 is 0 Å². The summed E-state index contributed by atoms with van der Waals surface area (Å²) in [4.78, 5) is 10.3. The number of aliphatic carboxylic acids is 1. The topological polar surface area (TPSA) is 46.5 Å². The fraction of sp³-hybridized carbons (Fsp3) is 0.667. The normalized spacial score (nSPS) is 23.8. The smallest absolute Gasteiger partial charge is 0.328 e. The molecule has 0 unspecified atom stereocenters. The Kier molecular flexibility index (Phi) is 3.29. The molecule has 12 heavy (non-hydrogen) atoms. The molecule has 3 heteroatoms. The molecule has 1 aliphatic carbocycles. The molecule has 0 bridgehead atoms. The molecule has 1 saturated carbocycles. The summed E-state index contributed by atoms with van der Waals surface area (Å²) >= 11 is 0. The lowest BCUT2D eigenvalue weighted by Gasteiger charge is -2.21. The summed E-state index contributed by atoms with van der Waals surface area (Å²) in [5.74, 6) is -0.833. The first-order chi connectivity index (χ1) is 5.72. The van der Waals surface area contributed by atoms with E-state index in [-0.39, 0.29) is 0 Å².